The van der Waals surface area contributed by atoms with Crippen molar-refractivity contribution >= 4 is 10.1 Å². The molecule has 4 nitrogen and oxygen atoms in total. The smallest absolute Gasteiger partial charge is 0.297 e. The van der Waals surface area contributed by atoms with Gasteiger partial charge in [0.25, 0.3) is 10.1 Å². The summed E-state index contributed by atoms with van der Waals surface area (Å²) in [5.41, 5.74) is 2.81. The van der Waals surface area contributed by atoms with E-state index < -0.39 is 15.6 Å². The Kier molecular flexibility index (Phi) is 15.3. The average Bonchev–Trinajstić information content (AvgIpc) is 2.36. The zero-order valence-electron chi connectivity index (χ0n) is 11.9. The molecule has 6 heteroatoms. The normalized spacial score (nSPS) is 12.4. The first-order valence-electron chi connectivity index (χ1n) is 6.81. The summed E-state index contributed by atoms with van der Waals surface area (Å²) in [5.74, 6) is 0. The molecule has 0 aromatic carbocycles. The summed E-state index contributed by atoms with van der Waals surface area (Å²) in [6.07, 6.45) is 8.65. The minimum absolute atomic E-state index is 0.0907. The van der Waals surface area contributed by atoms with E-state index in [-0.39, 0.29) is 6.42 Å². The molecule has 0 heterocycles. The second-order valence-electron chi connectivity index (χ2n) is 4.36. The maximum absolute atomic E-state index is 12.7. The van der Waals surface area contributed by atoms with Crippen LogP contribution in [0.2, 0.25) is 0 Å². The molecule has 1 unspecified atom stereocenters. The van der Waals surface area contributed by atoms with Crippen LogP contribution in [0.3, 0.4) is 0 Å². The van der Waals surface area contributed by atoms with Gasteiger partial charge >= 0.3 is 0 Å². The molecular formula is C13H28FNO3S. The van der Waals surface area contributed by atoms with Crippen molar-refractivity contribution in [3.63, 3.8) is 0 Å². The quantitative estimate of drug-likeness (QED) is 0.368. The molecule has 19 heavy (non-hydrogen) atoms. The Labute approximate surface area is 117 Å². The molecular weight excluding hydrogens is 269 g/mol. The van der Waals surface area contributed by atoms with E-state index in [1.165, 1.54) is 19.3 Å². The summed E-state index contributed by atoms with van der Waals surface area (Å²) < 4.78 is 41.7. The highest BCUT2D eigenvalue weighted by Gasteiger charge is 2.20. The Morgan fingerprint density at radius 2 is 1.63 bits per heavy atom. The van der Waals surface area contributed by atoms with Gasteiger partial charge in [0, 0.05) is 6.54 Å². The lowest BCUT2D eigenvalue weighted by Crippen LogP contribution is -2.14. The molecule has 0 saturated heterocycles. The standard InChI is InChI=1S/C10H21FO3S.C3H7N/c1-2-3-4-5-6-7-8-9-10(11)15(12,13)14;1-2-3-4/h10H,2-9H2,1H3,(H,12,13,14);2H,1,3-4H2. The Morgan fingerprint density at radius 3 is 2.00 bits per heavy atom. The van der Waals surface area contributed by atoms with Gasteiger partial charge < -0.3 is 5.73 Å². The van der Waals surface area contributed by atoms with Gasteiger partial charge in [-0.25, -0.2) is 4.39 Å². The minimum Gasteiger partial charge on any atom is -0.327 e. The summed E-state index contributed by atoms with van der Waals surface area (Å²) in [7, 11) is -4.47. The van der Waals surface area contributed by atoms with Crippen molar-refractivity contribution in [2.75, 3.05) is 6.54 Å². The number of unbranched alkanes of at least 4 members (excludes halogenated alkanes) is 6. The number of hydrogen-bond donors (Lipinski definition) is 2. The second-order valence-corrected chi connectivity index (χ2v) is 5.90. The fraction of sp³-hybridized carbons (Fsp3) is 0.846. The Bertz CT molecular complexity index is 294. The first-order chi connectivity index (χ1) is 8.90. The molecule has 116 valence electrons. The molecule has 0 bridgehead atoms. The highest BCUT2D eigenvalue weighted by molar-refractivity contribution is 7.86. The van der Waals surface area contributed by atoms with Gasteiger partial charge in [-0.1, -0.05) is 51.5 Å². The lowest BCUT2D eigenvalue weighted by Gasteiger charge is -2.04. The van der Waals surface area contributed by atoms with Gasteiger partial charge in [0.1, 0.15) is 0 Å². The highest BCUT2D eigenvalue weighted by Crippen LogP contribution is 2.13. The predicted molar refractivity (Wildman–Crippen MR) is 78.3 cm³/mol. The Hall–Kier alpha value is -0.460. The van der Waals surface area contributed by atoms with E-state index in [9.17, 15) is 12.8 Å². The fourth-order valence-electron chi connectivity index (χ4n) is 1.41. The number of alkyl halides is 1. The van der Waals surface area contributed by atoms with Crippen LogP contribution in [0.15, 0.2) is 12.7 Å². The monoisotopic (exact) mass is 297 g/mol. The van der Waals surface area contributed by atoms with E-state index in [2.05, 4.69) is 13.5 Å². The first kappa shape index (κ1) is 20.8. The van der Waals surface area contributed by atoms with E-state index in [4.69, 9.17) is 10.3 Å². The second kappa shape index (κ2) is 14.0. The van der Waals surface area contributed by atoms with Crippen LogP contribution in [-0.2, 0) is 10.1 Å². The van der Waals surface area contributed by atoms with Crippen molar-refractivity contribution in [2.45, 2.75) is 63.8 Å². The van der Waals surface area contributed by atoms with E-state index >= 15 is 0 Å². The van der Waals surface area contributed by atoms with Crippen LogP contribution in [0.5, 0.6) is 0 Å². The summed E-state index contributed by atoms with van der Waals surface area (Å²) in [6.45, 7) is 6.08. The molecule has 0 aliphatic rings. The van der Waals surface area contributed by atoms with E-state index in [0.717, 1.165) is 19.3 Å². The third kappa shape index (κ3) is 17.5. The van der Waals surface area contributed by atoms with Crippen LogP contribution in [0.4, 0.5) is 4.39 Å². The molecule has 0 fully saturated rings. The van der Waals surface area contributed by atoms with Crippen molar-refractivity contribution in [1.29, 1.82) is 0 Å². The van der Waals surface area contributed by atoms with Crippen LogP contribution in [0, 0.1) is 0 Å². The number of hydrogen-bond acceptors (Lipinski definition) is 3. The Morgan fingerprint density at radius 1 is 1.21 bits per heavy atom. The Balaban J connectivity index is 0. The molecule has 0 aromatic rings. The largest absolute Gasteiger partial charge is 0.327 e. The van der Waals surface area contributed by atoms with Crippen molar-refractivity contribution < 1.29 is 17.4 Å². The van der Waals surface area contributed by atoms with Gasteiger partial charge in [0.2, 0.25) is 5.50 Å². The highest BCUT2D eigenvalue weighted by atomic mass is 32.2. The van der Waals surface area contributed by atoms with Crippen LogP contribution in [-0.4, -0.2) is 25.0 Å². The van der Waals surface area contributed by atoms with E-state index in [0.29, 0.717) is 13.0 Å². The lowest BCUT2D eigenvalue weighted by molar-refractivity contribution is 0.350. The zero-order chi connectivity index (χ0) is 15.1. The fourth-order valence-corrected chi connectivity index (χ4v) is 1.88. The van der Waals surface area contributed by atoms with Gasteiger partial charge in [-0.15, -0.1) is 6.58 Å². The number of nitrogens with two attached hydrogens (primary N) is 1. The summed E-state index contributed by atoms with van der Waals surface area (Å²) in [4.78, 5) is 0. The SMILES string of the molecule is C=CCN.CCCCCCCCCC(F)S(=O)(=O)O. The van der Waals surface area contributed by atoms with E-state index in [1.54, 1.807) is 6.08 Å². The molecule has 0 aliphatic heterocycles. The van der Waals surface area contributed by atoms with Crippen molar-refractivity contribution in [3.05, 3.63) is 12.7 Å². The third-order valence-corrected chi connectivity index (χ3v) is 3.41. The average molecular weight is 297 g/mol. The molecule has 0 aromatic heterocycles. The number of halogens is 1. The summed E-state index contributed by atoms with van der Waals surface area (Å²) >= 11 is 0. The van der Waals surface area contributed by atoms with Crippen molar-refractivity contribution in [2.24, 2.45) is 5.73 Å². The van der Waals surface area contributed by atoms with Gasteiger partial charge in [-0.05, 0) is 12.8 Å². The van der Waals surface area contributed by atoms with Crippen molar-refractivity contribution in [3.8, 4) is 0 Å². The summed E-state index contributed by atoms with van der Waals surface area (Å²) in [6, 6.07) is 0. The molecule has 0 aliphatic carbocycles. The maximum Gasteiger partial charge on any atom is 0.297 e. The van der Waals surface area contributed by atoms with Gasteiger partial charge in [0.15, 0.2) is 0 Å². The van der Waals surface area contributed by atoms with E-state index in [1.807, 2.05) is 0 Å². The molecule has 1 atom stereocenters. The third-order valence-electron chi connectivity index (χ3n) is 2.52. The summed E-state index contributed by atoms with van der Waals surface area (Å²) in [5, 5.41) is 0. The lowest BCUT2D eigenvalue weighted by atomic mass is 10.1. The van der Waals surface area contributed by atoms with Gasteiger partial charge in [-0.2, -0.15) is 8.42 Å². The number of rotatable bonds is 10. The molecule has 0 spiro atoms. The van der Waals surface area contributed by atoms with Crippen LogP contribution in [0.25, 0.3) is 0 Å². The first-order valence-corrected chi connectivity index (χ1v) is 8.31. The predicted octanol–water partition coefficient (Wildman–Crippen LogP) is 3.44. The van der Waals surface area contributed by atoms with Gasteiger partial charge in [0.05, 0.1) is 0 Å². The maximum atomic E-state index is 12.7. The zero-order valence-corrected chi connectivity index (χ0v) is 12.7. The topological polar surface area (TPSA) is 80.4 Å². The molecule has 0 amide bonds. The van der Waals surface area contributed by atoms with Crippen LogP contribution in [0.1, 0.15) is 58.3 Å². The van der Waals surface area contributed by atoms with Crippen molar-refractivity contribution in [1.82, 2.24) is 0 Å². The van der Waals surface area contributed by atoms with Crippen LogP contribution >= 0.6 is 0 Å². The molecule has 0 radical (unpaired) electrons. The minimum atomic E-state index is -4.47. The molecule has 0 rings (SSSR count). The van der Waals surface area contributed by atoms with Crippen LogP contribution < -0.4 is 5.73 Å². The molecule has 3 N–H and O–H groups in total. The molecule has 0 saturated carbocycles. The van der Waals surface area contributed by atoms with Gasteiger partial charge in [-0.3, -0.25) is 4.55 Å².